The summed E-state index contributed by atoms with van der Waals surface area (Å²) in [6.45, 7) is 2.76. The first-order chi connectivity index (χ1) is 13.3. The third kappa shape index (κ3) is 4.07. The largest absolute Gasteiger partial charge is 0.508 e. The predicted octanol–water partition coefficient (Wildman–Crippen LogP) is 5.36. The summed E-state index contributed by atoms with van der Waals surface area (Å²) < 4.78 is 69.1. The first-order valence-corrected chi connectivity index (χ1v) is 8.87. The molecule has 3 aromatic rings. The number of halogens is 5. The van der Waals surface area contributed by atoms with E-state index in [-0.39, 0.29) is 22.5 Å². The van der Waals surface area contributed by atoms with Crippen LogP contribution >= 0.6 is 0 Å². The van der Waals surface area contributed by atoms with Crippen LogP contribution in [0, 0.1) is 11.6 Å². The molecule has 29 heavy (non-hydrogen) atoms. The Morgan fingerprint density at radius 3 is 2.31 bits per heavy atom. The average molecular weight is 413 g/mol. The van der Waals surface area contributed by atoms with Gasteiger partial charge in [0.15, 0.2) is 5.60 Å². The minimum absolute atomic E-state index is 0.00388. The molecule has 156 valence electrons. The zero-order chi connectivity index (χ0) is 21.6. The Morgan fingerprint density at radius 1 is 1.00 bits per heavy atom. The summed E-state index contributed by atoms with van der Waals surface area (Å²) in [5.41, 5.74) is -4.62. The lowest BCUT2D eigenvalue weighted by atomic mass is 9.73. The lowest BCUT2D eigenvalue weighted by Gasteiger charge is -2.38. The lowest BCUT2D eigenvalue weighted by molar-refractivity contribution is -0.266. The number of phenolic OH excluding ortho intramolecular Hbond substituents is 1. The topological polar surface area (TPSA) is 56.2 Å². The molecule has 3 N–H and O–H groups in total. The van der Waals surface area contributed by atoms with Gasteiger partial charge in [0.2, 0.25) is 0 Å². The molecule has 1 unspecified atom stereocenters. The van der Waals surface area contributed by atoms with Gasteiger partial charge < -0.3 is 15.2 Å². The van der Waals surface area contributed by atoms with Crippen molar-refractivity contribution in [3.63, 3.8) is 0 Å². The van der Waals surface area contributed by atoms with Crippen molar-refractivity contribution >= 4 is 10.9 Å². The number of H-pyrrole nitrogens is 1. The van der Waals surface area contributed by atoms with Gasteiger partial charge in [0.25, 0.3) is 0 Å². The minimum atomic E-state index is -5.02. The van der Waals surface area contributed by atoms with E-state index in [2.05, 4.69) is 4.98 Å². The van der Waals surface area contributed by atoms with Crippen LogP contribution in [0.3, 0.4) is 0 Å². The lowest BCUT2D eigenvalue weighted by Crippen LogP contribution is -2.50. The smallest absolute Gasteiger partial charge is 0.417 e. The summed E-state index contributed by atoms with van der Waals surface area (Å²) in [6.07, 6.45) is -6.73. The van der Waals surface area contributed by atoms with Gasteiger partial charge in [-0.1, -0.05) is 26.0 Å². The zero-order valence-corrected chi connectivity index (χ0v) is 15.7. The highest BCUT2D eigenvalue weighted by Crippen LogP contribution is 2.45. The van der Waals surface area contributed by atoms with E-state index in [1.54, 1.807) is 6.07 Å². The molecule has 0 amide bonds. The monoisotopic (exact) mass is 413 g/mol. The number of phenols is 1. The van der Waals surface area contributed by atoms with Gasteiger partial charge in [0, 0.05) is 23.1 Å². The van der Waals surface area contributed by atoms with Gasteiger partial charge in [-0.25, -0.2) is 8.78 Å². The molecule has 0 aliphatic carbocycles. The number of nitrogens with one attached hydrogen (secondary N) is 1. The summed E-state index contributed by atoms with van der Waals surface area (Å²) >= 11 is 0. The number of aromatic amines is 1. The van der Waals surface area contributed by atoms with Crippen LogP contribution in [0.4, 0.5) is 22.0 Å². The van der Waals surface area contributed by atoms with Crippen LogP contribution in [-0.4, -0.2) is 27.0 Å². The molecule has 0 aliphatic rings. The fraction of sp³-hybridized carbons (Fsp3) is 0.333. The number of para-hydroxylation sites is 1. The molecule has 0 aliphatic heterocycles. The Bertz CT molecular complexity index is 1040. The number of fused-ring (bicyclic) bond motifs is 1. The zero-order valence-electron chi connectivity index (χ0n) is 15.7. The maximum Gasteiger partial charge on any atom is 0.417 e. The van der Waals surface area contributed by atoms with Gasteiger partial charge in [-0.05, 0) is 42.2 Å². The minimum Gasteiger partial charge on any atom is -0.508 e. The van der Waals surface area contributed by atoms with Crippen molar-refractivity contribution in [2.75, 3.05) is 0 Å². The van der Waals surface area contributed by atoms with E-state index in [1.807, 2.05) is 0 Å². The van der Waals surface area contributed by atoms with E-state index < -0.39 is 41.7 Å². The molecule has 1 aromatic heterocycles. The molecule has 8 heteroatoms. The highest BCUT2D eigenvalue weighted by Gasteiger charge is 2.56. The molecule has 3 rings (SSSR count). The number of aromatic hydroxyl groups is 1. The van der Waals surface area contributed by atoms with Crippen LogP contribution in [0.25, 0.3) is 10.9 Å². The van der Waals surface area contributed by atoms with Crippen LogP contribution in [-0.2, 0) is 11.8 Å². The molecule has 0 saturated heterocycles. The molecule has 1 atom stereocenters. The van der Waals surface area contributed by atoms with Crippen molar-refractivity contribution in [2.24, 2.45) is 0 Å². The van der Waals surface area contributed by atoms with Crippen molar-refractivity contribution in [3.8, 4) is 5.75 Å². The number of alkyl halides is 3. The highest BCUT2D eigenvalue weighted by molar-refractivity contribution is 5.80. The second-order valence-corrected chi connectivity index (χ2v) is 7.93. The van der Waals surface area contributed by atoms with Gasteiger partial charge in [0.1, 0.15) is 17.4 Å². The Hall–Kier alpha value is -2.61. The molecule has 0 saturated carbocycles. The van der Waals surface area contributed by atoms with Crippen molar-refractivity contribution in [1.29, 1.82) is 0 Å². The van der Waals surface area contributed by atoms with Gasteiger partial charge >= 0.3 is 6.18 Å². The summed E-state index contributed by atoms with van der Waals surface area (Å²) in [4.78, 5) is 2.59. The maximum atomic E-state index is 13.9. The van der Waals surface area contributed by atoms with Crippen LogP contribution in [0.1, 0.15) is 31.5 Å². The summed E-state index contributed by atoms with van der Waals surface area (Å²) in [7, 11) is 0. The summed E-state index contributed by atoms with van der Waals surface area (Å²) in [6, 6.07) is 8.49. The van der Waals surface area contributed by atoms with E-state index in [4.69, 9.17) is 0 Å². The van der Waals surface area contributed by atoms with Crippen molar-refractivity contribution in [3.05, 3.63) is 65.4 Å². The first-order valence-electron chi connectivity index (χ1n) is 8.87. The van der Waals surface area contributed by atoms with Crippen LogP contribution in [0.5, 0.6) is 5.75 Å². The third-order valence-electron chi connectivity index (χ3n) is 5.09. The number of rotatable bonds is 5. The molecule has 0 spiro atoms. The Morgan fingerprint density at radius 2 is 1.69 bits per heavy atom. The number of aliphatic hydroxyl groups is 1. The molecule has 0 bridgehead atoms. The standard InChI is InChI=1S/C21H20F5NO2/c1-19(2,15-9-13(22)6-7-17(15)28)11-20(29,21(24,25)26)10-14-8-12-4-3-5-16(23)18(12)27-14/h3-9,27-29H,10-11H2,1-2H3. The molecule has 0 fully saturated rings. The second kappa shape index (κ2) is 7.02. The molecular formula is C21H20F5NO2. The predicted molar refractivity (Wildman–Crippen MR) is 98.7 cm³/mol. The van der Waals surface area contributed by atoms with E-state index >= 15 is 0 Å². The number of benzene rings is 2. The van der Waals surface area contributed by atoms with Crippen LogP contribution in [0.2, 0.25) is 0 Å². The van der Waals surface area contributed by atoms with Crippen LogP contribution < -0.4 is 0 Å². The average Bonchev–Trinajstić information content (AvgIpc) is 2.99. The van der Waals surface area contributed by atoms with E-state index in [1.165, 1.54) is 32.0 Å². The first kappa shape index (κ1) is 21.1. The van der Waals surface area contributed by atoms with Crippen molar-refractivity contribution in [2.45, 2.75) is 43.9 Å². The van der Waals surface area contributed by atoms with Crippen LogP contribution in [0.15, 0.2) is 42.5 Å². The van der Waals surface area contributed by atoms with Crippen molar-refractivity contribution in [1.82, 2.24) is 4.98 Å². The van der Waals surface area contributed by atoms with E-state index in [9.17, 15) is 32.2 Å². The Kier molecular flexibility index (Phi) is 5.11. The normalized spacial score (nSPS) is 14.9. The summed E-state index contributed by atoms with van der Waals surface area (Å²) in [5, 5.41) is 21.0. The maximum absolute atomic E-state index is 13.9. The Balaban J connectivity index is 2.00. The van der Waals surface area contributed by atoms with Gasteiger partial charge in [0.05, 0.1) is 5.52 Å². The van der Waals surface area contributed by atoms with Crippen molar-refractivity contribution < 1.29 is 32.2 Å². The molecule has 3 nitrogen and oxygen atoms in total. The second-order valence-electron chi connectivity index (χ2n) is 7.93. The van der Waals surface area contributed by atoms with Gasteiger partial charge in [-0.3, -0.25) is 0 Å². The summed E-state index contributed by atoms with van der Waals surface area (Å²) in [5.74, 6) is -1.70. The molecule has 0 radical (unpaired) electrons. The Labute approximate surface area is 163 Å². The number of hydrogen-bond acceptors (Lipinski definition) is 2. The van der Waals surface area contributed by atoms with Gasteiger partial charge in [-0.15, -0.1) is 0 Å². The fourth-order valence-electron chi connectivity index (χ4n) is 3.73. The third-order valence-corrected chi connectivity index (χ3v) is 5.09. The van der Waals surface area contributed by atoms with E-state index in [0.29, 0.717) is 5.39 Å². The number of aromatic nitrogens is 1. The fourth-order valence-corrected chi connectivity index (χ4v) is 3.73. The SMILES string of the molecule is CC(C)(CC(O)(Cc1cc2cccc(F)c2[nH]1)C(F)(F)F)c1cc(F)ccc1O. The molecule has 2 aromatic carbocycles. The molecule has 1 heterocycles. The van der Waals surface area contributed by atoms with E-state index in [0.717, 1.165) is 18.2 Å². The highest BCUT2D eigenvalue weighted by atomic mass is 19.4. The number of hydrogen-bond donors (Lipinski definition) is 3. The quantitative estimate of drug-likeness (QED) is 0.494. The van der Waals surface area contributed by atoms with Gasteiger partial charge in [-0.2, -0.15) is 13.2 Å². The molecular weight excluding hydrogens is 393 g/mol.